The molecule has 26 heavy (non-hydrogen) atoms. The molecule has 0 radical (unpaired) electrons. The van der Waals surface area contributed by atoms with E-state index >= 15 is 0 Å². The third kappa shape index (κ3) is 3.87. The maximum atomic E-state index is 13.8. The predicted octanol–water partition coefficient (Wildman–Crippen LogP) is 2.08. The van der Waals surface area contributed by atoms with Crippen LogP contribution in [0.15, 0.2) is 41.3 Å². The second kappa shape index (κ2) is 6.60. The molecule has 3 rings (SSSR count). The molecule has 1 aliphatic heterocycles. The van der Waals surface area contributed by atoms with Crippen LogP contribution in [0.4, 0.5) is 14.5 Å². The molecule has 2 aromatic carbocycles. The Morgan fingerprint density at radius 2 is 1.73 bits per heavy atom. The molecule has 140 valence electrons. The van der Waals surface area contributed by atoms with Gasteiger partial charge in [-0.1, -0.05) is 6.07 Å². The normalized spacial score (nSPS) is 15.5. The van der Waals surface area contributed by atoms with Crippen LogP contribution in [0, 0.1) is 11.6 Å². The average molecular weight is 402 g/mol. The molecule has 0 bridgehead atoms. The molecule has 0 saturated heterocycles. The Morgan fingerprint density at radius 3 is 2.38 bits per heavy atom. The number of benzene rings is 2. The number of hydrogen-bond acceptors (Lipinski definition) is 4. The van der Waals surface area contributed by atoms with Crippen LogP contribution in [0.1, 0.15) is 11.1 Å². The molecular weight excluding hydrogens is 386 g/mol. The standard InChI is InChI=1S/C16H16F2N2O4S2/c1-25(21,22)20-7-6-11-2-4-14(8-12(11)10-20)19-26(23,24)16-5-3-13(17)9-15(16)18/h2-5,8-9,19H,6-7,10H2,1H3. The van der Waals surface area contributed by atoms with E-state index in [0.29, 0.717) is 24.6 Å². The highest BCUT2D eigenvalue weighted by Crippen LogP contribution is 2.26. The van der Waals surface area contributed by atoms with Gasteiger partial charge in [0.15, 0.2) is 0 Å². The number of nitrogens with zero attached hydrogens (tertiary/aromatic N) is 1. The molecule has 2 aromatic rings. The molecule has 6 nitrogen and oxygen atoms in total. The van der Waals surface area contributed by atoms with Gasteiger partial charge in [0.2, 0.25) is 10.0 Å². The second-order valence-electron chi connectivity index (χ2n) is 6.01. The minimum atomic E-state index is -4.25. The van der Waals surface area contributed by atoms with E-state index in [4.69, 9.17) is 0 Å². The number of anilines is 1. The van der Waals surface area contributed by atoms with E-state index < -0.39 is 36.6 Å². The van der Waals surface area contributed by atoms with E-state index in [9.17, 15) is 25.6 Å². The van der Waals surface area contributed by atoms with E-state index in [1.807, 2.05) is 0 Å². The lowest BCUT2D eigenvalue weighted by atomic mass is 10.0. The topological polar surface area (TPSA) is 83.6 Å². The first-order chi connectivity index (χ1) is 12.1. The van der Waals surface area contributed by atoms with Crippen molar-refractivity contribution < 1.29 is 25.6 Å². The molecule has 0 aliphatic carbocycles. The molecule has 0 atom stereocenters. The van der Waals surface area contributed by atoms with Crippen LogP contribution in [0.25, 0.3) is 0 Å². The van der Waals surface area contributed by atoms with Gasteiger partial charge >= 0.3 is 0 Å². The summed E-state index contributed by atoms with van der Waals surface area (Å²) in [6.45, 7) is 0.492. The smallest absolute Gasteiger partial charge is 0.264 e. The van der Waals surface area contributed by atoms with Crippen LogP contribution in [0.5, 0.6) is 0 Å². The van der Waals surface area contributed by atoms with E-state index in [-0.39, 0.29) is 12.2 Å². The number of fused-ring (bicyclic) bond motifs is 1. The fourth-order valence-corrected chi connectivity index (χ4v) is 4.69. The third-order valence-corrected chi connectivity index (χ3v) is 6.75. The number of rotatable bonds is 4. The molecular formula is C16H16F2N2O4S2. The summed E-state index contributed by atoms with van der Waals surface area (Å²) in [7, 11) is -7.61. The van der Waals surface area contributed by atoms with Gasteiger partial charge in [-0.2, -0.15) is 4.31 Å². The predicted molar refractivity (Wildman–Crippen MR) is 92.6 cm³/mol. The van der Waals surface area contributed by atoms with Crippen molar-refractivity contribution >= 4 is 25.7 Å². The zero-order valence-corrected chi connectivity index (χ0v) is 15.4. The summed E-state index contributed by atoms with van der Waals surface area (Å²) >= 11 is 0. The molecule has 0 saturated carbocycles. The minimum Gasteiger partial charge on any atom is -0.280 e. The van der Waals surface area contributed by atoms with Crippen LogP contribution in [0.2, 0.25) is 0 Å². The van der Waals surface area contributed by atoms with Crippen LogP contribution in [-0.2, 0) is 33.0 Å². The lowest BCUT2D eigenvalue weighted by molar-refractivity contribution is 0.395. The zero-order valence-electron chi connectivity index (χ0n) is 13.7. The van der Waals surface area contributed by atoms with Crippen molar-refractivity contribution in [1.29, 1.82) is 0 Å². The van der Waals surface area contributed by atoms with Gasteiger partial charge in [-0.25, -0.2) is 25.6 Å². The number of nitrogens with one attached hydrogen (secondary N) is 1. The highest BCUT2D eigenvalue weighted by Gasteiger charge is 2.24. The van der Waals surface area contributed by atoms with Crippen LogP contribution in [-0.4, -0.2) is 33.9 Å². The number of halogens is 2. The van der Waals surface area contributed by atoms with Crippen LogP contribution < -0.4 is 4.72 Å². The summed E-state index contributed by atoms with van der Waals surface area (Å²) in [6, 6.07) is 6.93. The number of sulfonamides is 2. The zero-order chi connectivity index (χ0) is 19.1. The van der Waals surface area contributed by atoms with Gasteiger partial charge < -0.3 is 0 Å². The fourth-order valence-electron chi connectivity index (χ4n) is 2.78. The first kappa shape index (κ1) is 18.7. The average Bonchev–Trinajstić information content (AvgIpc) is 2.52. The molecule has 0 aromatic heterocycles. The van der Waals surface area contributed by atoms with Gasteiger partial charge in [-0.05, 0) is 41.8 Å². The Morgan fingerprint density at radius 1 is 1.00 bits per heavy atom. The van der Waals surface area contributed by atoms with Gasteiger partial charge in [0.25, 0.3) is 10.0 Å². The van der Waals surface area contributed by atoms with E-state index in [1.165, 1.54) is 16.4 Å². The Hall–Kier alpha value is -2.04. The van der Waals surface area contributed by atoms with E-state index in [0.717, 1.165) is 24.0 Å². The van der Waals surface area contributed by atoms with E-state index in [1.54, 1.807) is 6.07 Å². The largest absolute Gasteiger partial charge is 0.280 e. The van der Waals surface area contributed by atoms with Crippen LogP contribution >= 0.6 is 0 Å². The lowest BCUT2D eigenvalue weighted by Crippen LogP contribution is -2.35. The Balaban J connectivity index is 1.90. The third-order valence-electron chi connectivity index (χ3n) is 4.09. The van der Waals surface area contributed by atoms with Crippen molar-refractivity contribution in [3.63, 3.8) is 0 Å². The summed E-state index contributed by atoms with van der Waals surface area (Å²) in [4.78, 5) is -0.672. The monoisotopic (exact) mass is 402 g/mol. The van der Waals surface area contributed by atoms with E-state index in [2.05, 4.69) is 4.72 Å². The second-order valence-corrected chi connectivity index (χ2v) is 9.64. The number of hydrogen-bond donors (Lipinski definition) is 1. The molecule has 0 fully saturated rings. The summed E-state index contributed by atoms with van der Waals surface area (Å²) in [6.07, 6.45) is 1.63. The van der Waals surface area contributed by atoms with Gasteiger partial charge in [0.05, 0.1) is 6.26 Å². The summed E-state index contributed by atoms with van der Waals surface area (Å²) < 4.78 is 78.4. The first-order valence-corrected chi connectivity index (χ1v) is 10.9. The van der Waals surface area contributed by atoms with Gasteiger partial charge in [-0.15, -0.1) is 0 Å². The van der Waals surface area contributed by atoms with Crippen molar-refractivity contribution in [2.45, 2.75) is 17.9 Å². The summed E-state index contributed by atoms with van der Waals surface area (Å²) in [5.74, 6) is -2.07. The highest BCUT2D eigenvalue weighted by atomic mass is 32.2. The highest BCUT2D eigenvalue weighted by molar-refractivity contribution is 7.92. The van der Waals surface area contributed by atoms with Crippen molar-refractivity contribution in [2.75, 3.05) is 17.5 Å². The minimum absolute atomic E-state index is 0.134. The Labute approximate surface area is 150 Å². The Bertz CT molecular complexity index is 1070. The molecule has 1 N–H and O–H groups in total. The fraction of sp³-hybridized carbons (Fsp3) is 0.250. The summed E-state index contributed by atoms with van der Waals surface area (Å²) in [5, 5.41) is 0. The maximum absolute atomic E-state index is 13.8. The van der Waals surface area contributed by atoms with Crippen molar-refractivity contribution in [2.24, 2.45) is 0 Å². The SMILES string of the molecule is CS(=O)(=O)N1CCc2ccc(NS(=O)(=O)c3ccc(F)cc3F)cc2C1. The van der Waals surface area contributed by atoms with Gasteiger partial charge in [-0.3, -0.25) is 4.72 Å². The van der Waals surface area contributed by atoms with Crippen LogP contribution in [0.3, 0.4) is 0 Å². The molecule has 0 spiro atoms. The van der Waals surface area contributed by atoms with Crippen molar-refractivity contribution in [3.05, 3.63) is 59.2 Å². The Kier molecular flexibility index (Phi) is 4.76. The molecule has 1 heterocycles. The maximum Gasteiger partial charge on any atom is 0.264 e. The van der Waals surface area contributed by atoms with Gasteiger partial charge in [0.1, 0.15) is 16.5 Å². The van der Waals surface area contributed by atoms with Gasteiger partial charge in [0, 0.05) is 24.8 Å². The lowest BCUT2D eigenvalue weighted by Gasteiger charge is -2.27. The van der Waals surface area contributed by atoms with Crippen molar-refractivity contribution in [3.8, 4) is 0 Å². The molecule has 0 unspecified atom stereocenters. The molecule has 1 aliphatic rings. The summed E-state index contributed by atoms with van der Waals surface area (Å²) in [5.41, 5.74) is 1.75. The van der Waals surface area contributed by atoms with Crippen molar-refractivity contribution in [1.82, 2.24) is 4.31 Å². The molecule has 10 heteroatoms. The first-order valence-electron chi connectivity index (χ1n) is 7.61. The quantitative estimate of drug-likeness (QED) is 0.849. The molecule has 0 amide bonds.